The van der Waals surface area contributed by atoms with Crippen LogP contribution in [0, 0.1) is 5.92 Å². The molecule has 0 N–H and O–H groups in total. The summed E-state index contributed by atoms with van der Waals surface area (Å²) < 4.78 is 31.8. The maximum absolute atomic E-state index is 10.6. The van der Waals surface area contributed by atoms with Gasteiger partial charge in [-0.2, -0.15) is 0 Å². The van der Waals surface area contributed by atoms with E-state index in [0.717, 1.165) is 26.1 Å². The molecular weight excluding hydrogens is 240 g/mol. The summed E-state index contributed by atoms with van der Waals surface area (Å²) in [5, 5.41) is 0. The number of halogens is 1. The maximum Gasteiger partial charge on any atom is 0.232 e. The molecule has 0 spiro atoms. The van der Waals surface area contributed by atoms with Gasteiger partial charge in [-0.1, -0.05) is 0 Å². The molecule has 0 bridgehead atoms. The fourth-order valence-corrected chi connectivity index (χ4v) is 2.32. The van der Waals surface area contributed by atoms with Crippen molar-refractivity contribution >= 4 is 19.7 Å². The number of unbranched alkanes of at least 4 members (excludes halogenated alkanes) is 1. The molecule has 90 valence electrons. The molecule has 1 aliphatic heterocycles. The van der Waals surface area contributed by atoms with E-state index in [1.54, 1.807) is 0 Å². The molecule has 1 fully saturated rings. The van der Waals surface area contributed by atoms with Crippen molar-refractivity contribution in [1.29, 1.82) is 0 Å². The van der Waals surface area contributed by atoms with Crippen molar-refractivity contribution in [2.24, 2.45) is 5.92 Å². The van der Waals surface area contributed by atoms with Crippen molar-refractivity contribution < 1.29 is 17.9 Å². The lowest BCUT2D eigenvalue weighted by Crippen LogP contribution is -2.10. The minimum atomic E-state index is -3.33. The van der Waals surface area contributed by atoms with E-state index in [4.69, 9.17) is 20.2 Å². The monoisotopic (exact) mass is 256 g/mol. The summed E-state index contributed by atoms with van der Waals surface area (Å²) in [6, 6.07) is 0. The van der Waals surface area contributed by atoms with Crippen molar-refractivity contribution in [3.05, 3.63) is 0 Å². The second-order valence-corrected chi connectivity index (χ2v) is 6.65. The summed E-state index contributed by atoms with van der Waals surface area (Å²) in [5.74, 6) is 0.548. The normalized spacial score (nSPS) is 22.1. The minimum absolute atomic E-state index is 0.0322. The van der Waals surface area contributed by atoms with Crippen molar-refractivity contribution in [3.8, 4) is 0 Å². The predicted octanol–water partition coefficient (Wildman–Crippen LogP) is 1.39. The summed E-state index contributed by atoms with van der Waals surface area (Å²) in [6.45, 7) is 2.94. The van der Waals surface area contributed by atoms with Gasteiger partial charge in [0, 0.05) is 29.8 Å². The Balaban J connectivity index is 1.89. The van der Waals surface area contributed by atoms with E-state index >= 15 is 0 Å². The third-order valence-electron chi connectivity index (χ3n) is 2.30. The van der Waals surface area contributed by atoms with Crippen LogP contribution in [0.4, 0.5) is 0 Å². The number of rotatable bonds is 7. The van der Waals surface area contributed by atoms with Gasteiger partial charge in [-0.05, 0) is 19.3 Å². The SMILES string of the molecule is O=S(=O)(Cl)CCCCOCC1CCOC1. The quantitative estimate of drug-likeness (QED) is 0.510. The molecule has 0 aromatic heterocycles. The van der Waals surface area contributed by atoms with Gasteiger partial charge in [-0.3, -0.25) is 0 Å². The molecule has 4 nitrogen and oxygen atoms in total. The van der Waals surface area contributed by atoms with Crippen LogP contribution in [0.2, 0.25) is 0 Å². The number of hydrogen-bond donors (Lipinski definition) is 0. The second kappa shape index (κ2) is 6.68. The topological polar surface area (TPSA) is 52.6 Å². The molecule has 0 aliphatic carbocycles. The molecule has 6 heteroatoms. The van der Waals surface area contributed by atoms with E-state index in [2.05, 4.69) is 0 Å². The standard InChI is InChI=1S/C9H17ClO4S/c10-15(11,12)6-2-1-4-13-7-9-3-5-14-8-9/h9H,1-8H2. The molecule has 1 rings (SSSR count). The van der Waals surface area contributed by atoms with E-state index in [1.165, 1.54) is 0 Å². The minimum Gasteiger partial charge on any atom is -0.381 e. The van der Waals surface area contributed by atoms with Crippen LogP contribution in [0.3, 0.4) is 0 Å². The maximum atomic E-state index is 10.6. The van der Waals surface area contributed by atoms with Gasteiger partial charge in [0.05, 0.1) is 19.0 Å². The lowest BCUT2D eigenvalue weighted by molar-refractivity contribution is 0.0881. The molecule has 1 aliphatic rings. The first kappa shape index (κ1) is 13.2. The third-order valence-corrected chi connectivity index (χ3v) is 3.54. The van der Waals surface area contributed by atoms with Gasteiger partial charge in [0.1, 0.15) is 0 Å². The molecule has 1 heterocycles. The van der Waals surface area contributed by atoms with Crippen LogP contribution >= 0.6 is 10.7 Å². The highest BCUT2D eigenvalue weighted by Crippen LogP contribution is 2.12. The Morgan fingerprint density at radius 1 is 1.40 bits per heavy atom. The molecule has 1 atom stereocenters. The largest absolute Gasteiger partial charge is 0.381 e. The first-order valence-corrected chi connectivity index (χ1v) is 7.63. The van der Waals surface area contributed by atoms with Crippen molar-refractivity contribution in [3.63, 3.8) is 0 Å². The van der Waals surface area contributed by atoms with Crippen LogP contribution in [-0.2, 0) is 18.5 Å². The highest BCUT2D eigenvalue weighted by Gasteiger charge is 2.15. The fraction of sp³-hybridized carbons (Fsp3) is 1.00. The predicted molar refractivity (Wildman–Crippen MR) is 58.6 cm³/mol. The van der Waals surface area contributed by atoms with Crippen LogP contribution in [0.15, 0.2) is 0 Å². The van der Waals surface area contributed by atoms with E-state index in [9.17, 15) is 8.42 Å². The first-order chi connectivity index (χ1) is 7.08. The second-order valence-electron chi connectivity index (χ2n) is 3.75. The zero-order chi connectivity index (χ0) is 11.1. The summed E-state index contributed by atoms with van der Waals surface area (Å²) in [6.07, 6.45) is 2.36. The molecule has 1 saturated heterocycles. The fourth-order valence-electron chi connectivity index (χ4n) is 1.44. The number of hydrogen-bond acceptors (Lipinski definition) is 4. The van der Waals surface area contributed by atoms with Gasteiger partial charge in [0.2, 0.25) is 9.05 Å². The van der Waals surface area contributed by atoms with Gasteiger partial charge in [0.25, 0.3) is 0 Å². The summed E-state index contributed by atoms with van der Waals surface area (Å²) >= 11 is 0. The lowest BCUT2D eigenvalue weighted by Gasteiger charge is -2.07. The zero-order valence-electron chi connectivity index (χ0n) is 8.65. The molecule has 0 amide bonds. The highest BCUT2D eigenvalue weighted by molar-refractivity contribution is 8.13. The van der Waals surface area contributed by atoms with Crippen LogP contribution < -0.4 is 0 Å². The van der Waals surface area contributed by atoms with E-state index in [1.807, 2.05) is 0 Å². The van der Waals surface area contributed by atoms with Gasteiger partial charge in [0.15, 0.2) is 0 Å². The van der Waals surface area contributed by atoms with E-state index < -0.39 is 9.05 Å². The molecule has 0 aromatic carbocycles. The van der Waals surface area contributed by atoms with Gasteiger partial charge < -0.3 is 9.47 Å². The third kappa shape index (κ3) is 7.11. The molecular formula is C9H17ClO4S. The molecule has 1 unspecified atom stereocenters. The number of ether oxygens (including phenoxy) is 2. The Morgan fingerprint density at radius 2 is 2.20 bits per heavy atom. The van der Waals surface area contributed by atoms with Crippen molar-refractivity contribution in [2.45, 2.75) is 19.3 Å². The molecule has 0 radical (unpaired) electrons. The average molecular weight is 257 g/mol. The Morgan fingerprint density at radius 3 is 2.80 bits per heavy atom. The highest BCUT2D eigenvalue weighted by atomic mass is 35.7. The Labute approximate surface area is 95.3 Å². The molecule has 0 aromatic rings. The summed E-state index contributed by atoms with van der Waals surface area (Å²) in [5.41, 5.74) is 0. The van der Waals surface area contributed by atoms with Gasteiger partial charge in [-0.25, -0.2) is 8.42 Å². The zero-order valence-corrected chi connectivity index (χ0v) is 10.2. The Hall–Kier alpha value is 0.160. The molecule has 15 heavy (non-hydrogen) atoms. The lowest BCUT2D eigenvalue weighted by atomic mass is 10.1. The molecule has 0 saturated carbocycles. The van der Waals surface area contributed by atoms with Crippen molar-refractivity contribution in [2.75, 3.05) is 32.2 Å². The Bertz CT molecular complexity index is 259. The summed E-state index contributed by atoms with van der Waals surface area (Å²) in [7, 11) is 1.73. The van der Waals surface area contributed by atoms with Crippen LogP contribution in [0.25, 0.3) is 0 Å². The smallest absolute Gasteiger partial charge is 0.232 e. The average Bonchev–Trinajstić information content (AvgIpc) is 2.61. The van der Waals surface area contributed by atoms with Crippen LogP contribution in [0.1, 0.15) is 19.3 Å². The van der Waals surface area contributed by atoms with Gasteiger partial charge >= 0.3 is 0 Å². The van der Waals surface area contributed by atoms with E-state index in [-0.39, 0.29) is 5.75 Å². The summed E-state index contributed by atoms with van der Waals surface area (Å²) in [4.78, 5) is 0. The Kier molecular flexibility index (Phi) is 5.89. The van der Waals surface area contributed by atoms with Gasteiger partial charge in [-0.15, -0.1) is 0 Å². The van der Waals surface area contributed by atoms with Crippen LogP contribution in [0.5, 0.6) is 0 Å². The van der Waals surface area contributed by atoms with Crippen LogP contribution in [-0.4, -0.2) is 40.6 Å². The van der Waals surface area contributed by atoms with Crippen molar-refractivity contribution in [1.82, 2.24) is 0 Å². The first-order valence-electron chi connectivity index (χ1n) is 5.16. The van der Waals surface area contributed by atoms with E-state index in [0.29, 0.717) is 25.6 Å².